The van der Waals surface area contributed by atoms with Gasteiger partial charge in [-0.1, -0.05) is 18.3 Å². The molecule has 1 atom stereocenters. The van der Waals surface area contributed by atoms with E-state index in [0.29, 0.717) is 19.3 Å². The van der Waals surface area contributed by atoms with Crippen molar-refractivity contribution < 1.29 is 22.7 Å². The topological polar surface area (TPSA) is 119 Å². The van der Waals surface area contributed by atoms with Crippen LogP contribution in [0.2, 0.25) is 0 Å². The lowest BCUT2D eigenvalue weighted by atomic mass is 10.3. The number of ether oxygens (including phenoxy) is 1. The Labute approximate surface area is 132 Å². The molecule has 1 heterocycles. The number of aromatic nitrogens is 2. The van der Waals surface area contributed by atoms with E-state index < -0.39 is 21.9 Å². The van der Waals surface area contributed by atoms with E-state index in [2.05, 4.69) is 15.5 Å². The van der Waals surface area contributed by atoms with E-state index >= 15 is 0 Å². The standard InChI is InChI=1S/C11H18N4O5S2/c1-4-5-15(8(6-16)7-20-2)10(17)12-9-13-14-11(21-9)22(3,18)19/h6,8H,4-5,7H2,1-3H3,(H,12,13,17). The fourth-order valence-electron chi connectivity index (χ4n) is 1.61. The molecule has 0 aromatic carbocycles. The maximum absolute atomic E-state index is 12.2. The van der Waals surface area contributed by atoms with Crippen LogP contribution >= 0.6 is 11.3 Å². The van der Waals surface area contributed by atoms with E-state index in [0.717, 1.165) is 17.6 Å². The highest BCUT2D eigenvalue weighted by Crippen LogP contribution is 2.20. The zero-order valence-corrected chi connectivity index (χ0v) is 14.1. The van der Waals surface area contributed by atoms with E-state index in [9.17, 15) is 18.0 Å². The van der Waals surface area contributed by atoms with Crippen LogP contribution in [0.5, 0.6) is 0 Å². The smallest absolute Gasteiger partial charge is 0.324 e. The van der Waals surface area contributed by atoms with Gasteiger partial charge in [0.25, 0.3) is 0 Å². The Morgan fingerprint density at radius 2 is 2.18 bits per heavy atom. The fourth-order valence-corrected chi connectivity index (χ4v) is 3.10. The van der Waals surface area contributed by atoms with Gasteiger partial charge in [0.2, 0.25) is 19.3 Å². The van der Waals surface area contributed by atoms with Gasteiger partial charge in [-0.2, -0.15) is 0 Å². The lowest BCUT2D eigenvalue weighted by Crippen LogP contribution is -2.46. The first-order valence-electron chi connectivity index (χ1n) is 6.38. The van der Waals surface area contributed by atoms with Crippen molar-refractivity contribution in [2.75, 3.05) is 31.8 Å². The molecule has 0 saturated carbocycles. The van der Waals surface area contributed by atoms with Crippen molar-refractivity contribution in [1.82, 2.24) is 15.1 Å². The number of methoxy groups -OCH3 is 1. The summed E-state index contributed by atoms with van der Waals surface area (Å²) in [6.07, 6.45) is 2.27. The van der Waals surface area contributed by atoms with Gasteiger partial charge in [0.05, 0.1) is 6.61 Å². The van der Waals surface area contributed by atoms with Crippen LogP contribution in [0.25, 0.3) is 0 Å². The molecule has 0 saturated heterocycles. The minimum Gasteiger partial charge on any atom is -0.382 e. The number of hydrogen-bond acceptors (Lipinski definition) is 8. The Morgan fingerprint density at radius 3 is 2.64 bits per heavy atom. The first-order chi connectivity index (χ1) is 10.3. The summed E-state index contributed by atoms with van der Waals surface area (Å²) in [6, 6.07) is -1.29. The van der Waals surface area contributed by atoms with E-state index in [1.807, 2.05) is 6.92 Å². The molecule has 1 aromatic rings. The number of carbonyl (C=O) groups is 2. The zero-order valence-electron chi connectivity index (χ0n) is 12.5. The van der Waals surface area contributed by atoms with Crippen molar-refractivity contribution in [3.8, 4) is 0 Å². The third-order valence-corrected chi connectivity index (χ3v) is 5.07. The van der Waals surface area contributed by atoms with Crippen LogP contribution in [0.15, 0.2) is 4.34 Å². The largest absolute Gasteiger partial charge is 0.382 e. The zero-order chi connectivity index (χ0) is 16.8. The molecule has 124 valence electrons. The van der Waals surface area contributed by atoms with E-state index in [-0.39, 0.29) is 16.1 Å². The molecule has 0 radical (unpaired) electrons. The Morgan fingerprint density at radius 1 is 1.50 bits per heavy atom. The number of aldehydes is 1. The number of carbonyl (C=O) groups excluding carboxylic acids is 2. The predicted molar refractivity (Wildman–Crippen MR) is 80.8 cm³/mol. The summed E-state index contributed by atoms with van der Waals surface area (Å²) < 4.78 is 27.4. The molecule has 0 aliphatic rings. The number of urea groups is 1. The van der Waals surface area contributed by atoms with Gasteiger partial charge >= 0.3 is 6.03 Å². The second-order valence-corrected chi connectivity index (χ2v) is 7.59. The third-order valence-electron chi connectivity index (χ3n) is 2.56. The summed E-state index contributed by atoms with van der Waals surface area (Å²) >= 11 is 0.748. The van der Waals surface area contributed by atoms with E-state index in [1.54, 1.807) is 0 Å². The Balaban J connectivity index is 2.87. The summed E-state index contributed by atoms with van der Waals surface area (Å²) in [5.74, 6) is 0. The van der Waals surface area contributed by atoms with Gasteiger partial charge in [0.15, 0.2) is 0 Å². The van der Waals surface area contributed by atoms with Gasteiger partial charge in [0.1, 0.15) is 12.3 Å². The fraction of sp³-hybridized carbons (Fsp3) is 0.636. The normalized spacial score (nSPS) is 12.7. The molecule has 11 heteroatoms. The quantitative estimate of drug-likeness (QED) is 0.532. The summed E-state index contributed by atoms with van der Waals surface area (Å²) in [5, 5.41) is 9.60. The molecule has 1 rings (SSSR count). The minimum absolute atomic E-state index is 0.0496. The Bertz CT molecular complexity index is 616. The molecular formula is C11H18N4O5S2. The maximum Gasteiger partial charge on any atom is 0.324 e. The molecule has 1 aromatic heterocycles. The van der Waals surface area contributed by atoms with Crippen LogP contribution in [0.4, 0.5) is 9.93 Å². The third kappa shape index (κ3) is 5.00. The number of hydrogen-bond donors (Lipinski definition) is 1. The van der Waals surface area contributed by atoms with Gasteiger partial charge in [-0.25, -0.2) is 13.2 Å². The summed E-state index contributed by atoms with van der Waals surface area (Å²) in [6.45, 7) is 2.28. The van der Waals surface area contributed by atoms with Crippen LogP contribution < -0.4 is 5.32 Å². The Kier molecular flexibility index (Phi) is 6.84. The second-order valence-electron chi connectivity index (χ2n) is 4.43. The highest BCUT2D eigenvalue weighted by molar-refractivity contribution is 7.92. The average molecular weight is 350 g/mol. The number of amides is 2. The van der Waals surface area contributed by atoms with Crippen molar-refractivity contribution >= 4 is 38.6 Å². The van der Waals surface area contributed by atoms with E-state index in [4.69, 9.17) is 4.74 Å². The van der Waals surface area contributed by atoms with Crippen LogP contribution in [0.1, 0.15) is 13.3 Å². The number of nitrogens with one attached hydrogen (secondary N) is 1. The molecule has 0 aliphatic heterocycles. The molecule has 22 heavy (non-hydrogen) atoms. The van der Waals surface area contributed by atoms with Crippen LogP contribution in [-0.4, -0.2) is 68.4 Å². The van der Waals surface area contributed by atoms with Crippen molar-refractivity contribution in [2.24, 2.45) is 0 Å². The molecule has 0 aliphatic carbocycles. The average Bonchev–Trinajstić information content (AvgIpc) is 2.91. The van der Waals surface area contributed by atoms with Gasteiger partial charge in [-0.05, 0) is 6.42 Å². The molecule has 0 fully saturated rings. The van der Waals surface area contributed by atoms with Crippen molar-refractivity contribution in [3.05, 3.63) is 0 Å². The van der Waals surface area contributed by atoms with Crippen molar-refractivity contribution in [3.63, 3.8) is 0 Å². The maximum atomic E-state index is 12.2. The first-order valence-corrected chi connectivity index (χ1v) is 9.09. The monoisotopic (exact) mass is 350 g/mol. The van der Waals surface area contributed by atoms with Gasteiger partial charge in [-0.3, -0.25) is 5.32 Å². The molecule has 0 bridgehead atoms. The lowest BCUT2D eigenvalue weighted by molar-refractivity contribution is -0.113. The molecule has 2 amide bonds. The molecule has 0 spiro atoms. The van der Waals surface area contributed by atoms with Gasteiger partial charge in [0, 0.05) is 19.9 Å². The summed E-state index contributed by atoms with van der Waals surface area (Å²) in [7, 11) is -2.04. The Hall–Kier alpha value is -1.59. The van der Waals surface area contributed by atoms with E-state index in [1.165, 1.54) is 12.0 Å². The lowest BCUT2D eigenvalue weighted by Gasteiger charge is -2.26. The molecule has 9 nitrogen and oxygen atoms in total. The molecule has 1 unspecified atom stereocenters. The van der Waals surface area contributed by atoms with Crippen molar-refractivity contribution in [1.29, 1.82) is 0 Å². The second kappa shape index (κ2) is 8.15. The van der Waals surface area contributed by atoms with Crippen molar-refractivity contribution in [2.45, 2.75) is 23.7 Å². The first kappa shape index (κ1) is 18.5. The predicted octanol–water partition coefficient (Wildman–Crippen LogP) is 0.399. The summed E-state index contributed by atoms with van der Waals surface area (Å²) in [4.78, 5) is 24.6. The van der Waals surface area contributed by atoms with Crippen LogP contribution in [0, 0.1) is 0 Å². The number of nitrogens with zero attached hydrogens (tertiary/aromatic N) is 3. The summed E-state index contributed by atoms with van der Waals surface area (Å²) in [5.41, 5.74) is 0. The molecular weight excluding hydrogens is 332 g/mol. The van der Waals surface area contributed by atoms with Gasteiger partial charge in [-0.15, -0.1) is 10.2 Å². The van der Waals surface area contributed by atoms with Crippen LogP contribution in [-0.2, 0) is 19.4 Å². The number of anilines is 1. The molecule has 1 N–H and O–H groups in total. The number of sulfone groups is 1. The van der Waals surface area contributed by atoms with Gasteiger partial charge < -0.3 is 14.4 Å². The highest BCUT2D eigenvalue weighted by atomic mass is 32.2. The minimum atomic E-state index is -3.47. The van der Waals surface area contributed by atoms with Crippen LogP contribution in [0.3, 0.4) is 0 Å². The SMILES string of the molecule is CCCN(C(=O)Nc1nnc(S(C)(=O)=O)s1)C(C=O)COC. The number of rotatable bonds is 8. The highest BCUT2D eigenvalue weighted by Gasteiger charge is 2.24.